The maximum absolute atomic E-state index is 11.1. The Morgan fingerprint density at radius 3 is 2.50 bits per heavy atom. The molecule has 10 heavy (non-hydrogen) atoms. The highest BCUT2D eigenvalue weighted by Crippen LogP contribution is 2.48. The number of rotatable bonds is 0. The number of piperidine rings is 1. The first-order chi connectivity index (χ1) is 4.57. The Morgan fingerprint density at radius 1 is 1.70 bits per heavy atom. The second-order valence-corrected chi connectivity index (χ2v) is 3.00. The lowest BCUT2D eigenvalue weighted by Crippen LogP contribution is -2.38. The van der Waals surface area contributed by atoms with E-state index >= 15 is 0 Å². The van der Waals surface area contributed by atoms with Crippen LogP contribution in [0.3, 0.4) is 0 Å². The lowest BCUT2D eigenvalue weighted by atomic mass is 10.2. The predicted molar refractivity (Wildman–Crippen MR) is 32.8 cm³/mol. The minimum atomic E-state index is -0.800. The normalized spacial score (nSPS) is 44.2. The molecule has 1 aliphatic heterocycles. The highest BCUT2D eigenvalue weighted by Gasteiger charge is 2.68. The fraction of sp³-hybridized carbons (Fsp3) is 0.667. The molecule has 1 saturated heterocycles. The summed E-state index contributed by atoms with van der Waals surface area (Å²) in [4.78, 5) is 23.2. The summed E-state index contributed by atoms with van der Waals surface area (Å²) >= 11 is 0. The molecule has 0 radical (unpaired) electrons. The number of likely N-dealkylation sites (tertiary alicyclic amines) is 1. The van der Waals surface area contributed by atoms with Gasteiger partial charge in [0.2, 0.25) is 11.8 Å². The Bertz CT molecular complexity index is 238. The van der Waals surface area contributed by atoms with Crippen LogP contribution in [0, 0.1) is 5.92 Å². The van der Waals surface area contributed by atoms with Crippen molar-refractivity contribution in [1.29, 1.82) is 0 Å². The number of likely N-dealkylation sites (N-methyl/N-ethyl adjacent to an activating group) is 1. The Hall–Kier alpha value is -0.900. The molecule has 2 unspecified atom stereocenters. The van der Waals surface area contributed by atoms with E-state index < -0.39 is 5.54 Å². The third kappa shape index (κ3) is 0.388. The number of carbonyl (C=O) groups excluding carboxylic acids is 2. The van der Waals surface area contributed by atoms with E-state index in [-0.39, 0.29) is 17.7 Å². The van der Waals surface area contributed by atoms with E-state index in [9.17, 15) is 9.59 Å². The quantitative estimate of drug-likeness (QED) is 0.425. The molecule has 2 amide bonds. The van der Waals surface area contributed by atoms with E-state index in [2.05, 4.69) is 0 Å². The van der Waals surface area contributed by atoms with E-state index in [0.29, 0.717) is 6.42 Å². The first kappa shape index (κ1) is 5.85. The summed E-state index contributed by atoms with van der Waals surface area (Å²) in [6.45, 7) is 0. The molecule has 2 atom stereocenters. The van der Waals surface area contributed by atoms with Gasteiger partial charge < -0.3 is 5.73 Å². The Kier molecular flexibility index (Phi) is 0.729. The molecule has 0 aromatic carbocycles. The Balaban J connectivity index is 2.40. The minimum absolute atomic E-state index is 0.118. The summed E-state index contributed by atoms with van der Waals surface area (Å²) < 4.78 is 0. The van der Waals surface area contributed by atoms with Crippen LogP contribution < -0.4 is 5.73 Å². The number of nitrogens with two attached hydrogens (primary N) is 1. The molecule has 1 aliphatic carbocycles. The average Bonchev–Trinajstić information content (AvgIpc) is 2.54. The van der Waals surface area contributed by atoms with Gasteiger partial charge in [-0.05, 0) is 6.42 Å². The SMILES string of the molecule is CN1C(=O)C2CC2(N)C1=O. The van der Waals surface area contributed by atoms with Gasteiger partial charge in [0, 0.05) is 7.05 Å². The highest BCUT2D eigenvalue weighted by molar-refractivity contribution is 6.13. The third-order valence-electron chi connectivity index (χ3n) is 2.34. The van der Waals surface area contributed by atoms with Crippen LogP contribution in [-0.4, -0.2) is 29.3 Å². The van der Waals surface area contributed by atoms with Crippen LogP contribution in [-0.2, 0) is 9.59 Å². The first-order valence-electron chi connectivity index (χ1n) is 3.18. The molecule has 0 spiro atoms. The molecule has 2 N–H and O–H groups in total. The van der Waals surface area contributed by atoms with Gasteiger partial charge in [-0.15, -0.1) is 0 Å². The van der Waals surface area contributed by atoms with Crippen LogP contribution in [0.1, 0.15) is 6.42 Å². The number of hydrogen-bond donors (Lipinski definition) is 1. The molecule has 2 fully saturated rings. The number of amides is 2. The molecular formula is C6H8N2O2. The van der Waals surface area contributed by atoms with E-state index in [0.717, 1.165) is 4.90 Å². The molecule has 2 aliphatic rings. The molecule has 0 aromatic heterocycles. The third-order valence-corrected chi connectivity index (χ3v) is 2.34. The summed E-state index contributed by atoms with van der Waals surface area (Å²) in [6.07, 6.45) is 0.551. The highest BCUT2D eigenvalue weighted by atomic mass is 16.2. The van der Waals surface area contributed by atoms with Gasteiger partial charge in [-0.25, -0.2) is 0 Å². The molecule has 0 aromatic rings. The van der Waals surface area contributed by atoms with E-state index in [1.54, 1.807) is 0 Å². The van der Waals surface area contributed by atoms with Gasteiger partial charge in [0.15, 0.2) is 0 Å². The summed E-state index contributed by atoms with van der Waals surface area (Å²) in [6, 6.07) is 0. The van der Waals surface area contributed by atoms with Gasteiger partial charge >= 0.3 is 0 Å². The molecule has 1 heterocycles. The van der Waals surface area contributed by atoms with Crippen LogP contribution in [0.4, 0.5) is 0 Å². The molecule has 4 heteroatoms. The van der Waals surface area contributed by atoms with Gasteiger partial charge in [-0.3, -0.25) is 14.5 Å². The van der Waals surface area contributed by atoms with Gasteiger partial charge in [0.05, 0.1) is 5.92 Å². The number of carbonyl (C=O) groups is 2. The number of hydrogen-bond acceptors (Lipinski definition) is 3. The van der Waals surface area contributed by atoms with Gasteiger partial charge in [0.25, 0.3) is 0 Å². The lowest BCUT2D eigenvalue weighted by Gasteiger charge is -2.09. The minimum Gasteiger partial charge on any atom is -0.317 e. The van der Waals surface area contributed by atoms with Crippen LogP contribution in [0.15, 0.2) is 0 Å². The van der Waals surface area contributed by atoms with E-state index in [4.69, 9.17) is 5.73 Å². The second-order valence-electron chi connectivity index (χ2n) is 3.00. The average molecular weight is 140 g/mol. The topological polar surface area (TPSA) is 63.4 Å². The van der Waals surface area contributed by atoms with Crippen molar-refractivity contribution in [3.05, 3.63) is 0 Å². The molecule has 4 nitrogen and oxygen atoms in total. The summed E-state index contributed by atoms with van der Waals surface area (Å²) in [7, 11) is 1.48. The maximum Gasteiger partial charge on any atom is 0.249 e. The largest absolute Gasteiger partial charge is 0.317 e. The van der Waals surface area contributed by atoms with Crippen molar-refractivity contribution < 1.29 is 9.59 Å². The summed E-state index contributed by atoms with van der Waals surface area (Å²) in [5.41, 5.74) is 4.76. The van der Waals surface area contributed by atoms with Crippen LogP contribution in [0.5, 0.6) is 0 Å². The van der Waals surface area contributed by atoms with Crippen molar-refractivity contribution in [3.8, 4) is 0 Å². The molecule has 0 bridgehead atoms. The lowest BCUT2D eigenvalue weighted by molar-refractivity contribution is -0.139. The Morgan fingerprint density at radius 2 is 2.30 bits per heavy atom. The zero-order valence-corrected chi connectivity index (χ0v) is 5.63. The van der Waals surface area contributed by atoms with Gasteiger partial charge in [-0.2, -0.15) is 0 Å². The zero-order valence-electron chi connectivity index (χ0n) is 5.63. The van der Waals surface area contributed by atoms with Crippen molar-refractivity contribution in [2.75, 3.05) is 7.05 Å². The number of imide groups is 1. The zero-order chi connectivity index (χ0) is 7.52. The fourth-order valence-electron chi connectivity index (χ4n) is 1.47. The first-order valence-corrected chi connectivity index (χ1v) is 3.18. The van der Waals surface area contributed by atoms with Crippen molar-refractivity contribution in [2.24, 2.45) is 11.7 Å². The molecule has 1 saturated carbocycles. The van der Waals surface area contributed by atoms with Crippen LogP contribution in [0.25, 0.3) is 0 Å². The molecule has 54 valence electrons. The van der Waals surface area contributed by atoms with E-state index in [1.807, 2.05) is 0 Å². The standard InChI is InChI=1S/C6H8N2O2/c1-8-4(9)3-2-6(3,7)5(8)10/h3H,2,7H2,1H3. The number of fused-ring (bicyclic) bond motifs is 1. The van der Waals surface area contributed by atoms with Crippen LogP contribution in [0.2, 0.25) is 0 Å². The number of nitrogens with zero attached hydrogens (tertiary/aromatic N) is 1. The van der Waals surface area contributed by atoms with Gasteiger partial charge in [-0.1, -0.05) is 0 Å². The summed E-state index contributed by atoms with van der Waals surface area (Å²) in [5, 5.41) is 0. The fourth-order valence-corrected chi connectivity index (χ4v) is 1.47. The van der Waals surface area contributed by atoms with Crippen molar-refractivity contribution in [2.45, 2.75) is 12.0 Å². The van der Waals surface area contributed by atoms with Crippen molar-refractivity contribution >= 4 is 11.8 Å². The molecular weight excluding hydrogens is 132 g/mol. The maximum atomic E-state index is 11.1. The predicted octanol–water partition coefficient (Wildman–Crippen LogP) is -1.30. The van der Waals surface area contributed by atoms with Crippen LogP contribution >= 0.6 is 0 Å². The molecule has 2 rings (SSSR count). The van der Waals surface area contributed by atoms with Crippen molar-refractivity contribution in [1.82, 2.24) is 4.90 Å². The smallest absolute Gasteiger partial charge is 0.249 e. The van der Waals surface area contributed by atoms with E-state index in [1.165, 1.54) is 7.05 Å². The van der Waals surface area contributed by atoms with Crippen molar-refractivity contribution in [3.63, 3.8) is 0 Å². The summed E-state index contributed by atoms with van der Waals surface area (Å²) in [5.74, 6) is -0.542. The Labute approximate surface area is 58.0 Å². The monoisotopic (exact) mass is 140 g/mol. The van der Waals surface area contributed by atoms with Gasteiger partial charge in [0.1, 0.15) is 5.54 Å². The second kappa shape index (κ2) is 1.25.